The monoisotopic (exact) mass is 793 g/mol. The van der Waals surface area contributed by atoms with Crippen LogP contribution < -0.4 is 0 Å². The molecule has 8 aromatic carbocycles. The van der Waals surface area contributed by atoms with Crippen molar-refractivity contribution >= 4 is 43.6 Å². The maximum atomic E-state index is 14.6. The number of alkyl halides is 3. The van der Waals surface area contributed by atoms with Crippen LogP contribution in [0, 0.1) is 40.9 Å². The lowest BCUT2D eigenvalue weighted by atomic mass is 9.96. The largest absolute Gasteiger partial charge is 0.416 e. The smallest absolute Gasteiger partial charge is 0.309 e. The van der Waals surface area contributed by atoms with Crippen LogP contribution in [0.1, 0.15) is 27.8 Å². The fraction of sp³-hybridized carbons (Fsp3) is 0.0377. The summed E-state index contributed by atoms with van der Waals surface area (Å²) in [5.74, 6) is 0. The molecule has 0 aliphatic rings. The Morgan fingerprint density at radius 3 is 1.46 bits per heavy atom. The molecule has 0 N–H and O–H groups in total. The molecule has 2 aromatic heterocycles. The third-order valence-corrected chi connectivity index (χ3v) is 11.4. The zero-order valence-corrected chi connectivity index (χ0v) is 32.5. The first-order chi connectivity index (χ1) is 29.6. The van der Waals surface area contributed by atoms with E-state index in [1.54, 1.807) is 31.2 Å². The Hall–Kier alpha value is -8.38. The van der Waals surface area contributed by atoms with E-state index in [0.717, 1.165) is 71.9 Å². The lowest BCUT2D eigenvalue weighted by Gasteiger charge is -2.20. The number of para-hydroxylation sites is 2. The van der Waals surface area contributed by atoms with E-state index in [2.05, 4.69) is 30.3 Å². The third-order valence-electron chi connectivity index (χ3n) is 11.4. The Morgan fingerprint density at radius 2 is 0.934 bits per heavy atom. The van der Waals surface area contributed by atoms with E-state index >= 15 is 0 Å². The van der Waals surface area contributed by atoms with E-state index in [9.17, 15) is 29.0 Å². The summed E-state index contributed by atoms with van der Waals surface area (Å²) in [5, 5.41) is 33.9. The van der Waals surface area contributed by atoms with Crippen LogP contribution in [0.2, 0.25) is 0 Å². The summed E-state index contributed by atoms with van der Waals surface area (Å²) in [6.07, 6.45) is -4.60. The van der Waals surface area contributed by atoms with Gasteiger partial charge in [0.1, 0.15) is 6.07 Å². The summed E-state index contributed by atoms with van der Waals surface area (Å²) in [4.78, 5) is 0. The van der Waals surface area contributed by atoms with Crippen molar-refractivity contribution in [3.63, 3.8) is 0 Å². The van der Waals surface area contributed by atoms with Crippen molar-refractivity contribution in [1.82, 2.24) is 9.13 Å². The van der Waals surface area contributed by atoms with Gasteiger partial charge in [-0.25, -0.2) is 0 Å². The summed E-state index contributed by atoms with van der Waals surface area (Å²) in [6.45, 7) is 1.66. The lowest BCUT2D eigenvalue weighted by molar-refractivity contribution is -0.137. The van der Waals surface area contributed by atoms with Crippen molar-refractivity contribution in [2.24, 2.45) is 0 Å². The first kappa shape index (κ1) is 36.9. The molecule has 61 heavy (non-hydrogen) atoms. The third kappa shape index (κ3) is 6.16. The first-order valence-corrected chi connectivity index (χ1v) is 19.5. The molecule has 0 aliphatic heterocycles. The van der Waals surface area contributed by atoms with Crippen molar-refractivity contribution < 1.29 is 13.2 Å². The highest BCUT2D eigenvalue weighted by Gasteiger charge is 2.32. The van der Waals surface area contributed by atoms with Gasteiger partial charge in [-0.1, -0.05) is 78.9 Å². The van der Waals surface area contributed by atoms with Gasteiger partial charge in [0.15, 0.2) is 0 Å². The van der Waals surface area contributed by atoms with Crippen molar-refractivity contribution in [3.8, 4) is 63.0 Å². The predicted octanol–water partition coefficient (Wildman–Crippen LogP) is 13.8. The van der Waals surface area contributed by atoms with Crippen molar-refractivity contribution in [3.05, 3.63) is 192 Å². The molecule has 0 bridgehead atoms. The molecule has 0 unspecified atom stereocenters. The van der Waals surface area contributed by atoms with Gasteiger partial charge >= 0.3 is 6.18 Å². The second kappa shape index (κ2) is 14.2. The number of aromatic nitrogens is 2. The zero-order valence-electron chi connectivity index (χ0n) is 32.5. The van der Waals surface area contributed by atoms with Gasteiger partial charge in [0.25, 0.3) is 0 Å². The second-order valence-corrected chi connectivity index (χ2v) is 15.1. The summed E-state index contributed by atoms with van der Waals surface area (Å²) in [7, 11) is 0. The summed E-state index contributed by atoms with van der Waals surface area (Å²) in [5.41, 5.74) is 9.83. The standard InChI is InChI=1S/C53H30F3N5/c1-32-20-39(24-41(21-32)53(54,55)56)44-28-51(60-47-14-4-2-12-42(47)45-25-37(16-18-49(45)60)35-10-6-8-33(22-35)29-57)40(31-59)27-52(44)61-48-15-5-3-13-43(48)46-26-38(17-19-50(46)61)36-11-7-9-34(23-36)30-58/h2-28H,1H3. The van der Waals surface area contributed by atoms with E-state index in [-0.39, 0.29) is 0 Å². The molecular formula is C53H30F3N5. The Labute approximate surface area is 348 Å². The van der Waals surface area contributed by atoms with Crippen LogP contribution in [0.5, 0.6) is 0 Å². The Balaban J connectivity index is 1.28. The highest BCUT2D eigenvalue weighted by atomic mass is 19.4. The number of benzene rings is 8. The van der Waals surface area contributed by atoms with Crippen LogP contribution in [0.4, 0.5) is 13.2 Å². The summed E-state index contributed by atoms with van der Waals surface area (Å²) >= 11 is 0. The highest BCUT2D eigenvalue weighted by molar-refractivity contribution is 6.12. The van der Waals surface area contributed by atoms with Crippen molar-refractivity contribution in [2.75, 3.05) is 0 Å². The normalized spacial score (nSPS) is 11.6. The minimum Gasteiger partial charge on any atom is -0.309 e. The molecule has 2 heterocycles. The highest BCUT2D eigenvalue weighted by Crippen LogP contribution is 2.43. The zero-order chi connectivity index (χ0) is 42.0. The molecule has 10 aromatic rings. The quantitative estimate of drug-likeness (QED) is 0.174. The maximum Gasteiger partial charge on any atom is 0.416 e. The van der Waals surface area contributed by atoms with E-state index in [1.165, 1.54) is 6.07 Å². The van der Waals surface area contributed by atoms with Gasteiger partial charge in [-0.3, -0.25) is 0 Å². The molecule has 8 heteroatoms. The molecule has 0 spiro atoms. The first-order valence-electron chi connectivity index (χ1n) is 19.5. The van der Waals surface area contributed by atoms with Crippen LogP contribution in [0.15, 0.2) is 164 Å². The molecule has 0 aliphatic carbocycles. The van der Waals surface area contributed by atoms with Gasteiger partial charge < -0.3 is 9.13 Å². The molecule has 5 nitrogen and oxygen atoms in total. The van der Waals surface area contributed by atoms with E-state index in [1.807, 2.05) is 124 Å². The molecule has 0 fully saturated rings. The molecular weight excluding hydrogens is 764 g/mol. The number of nitrogens with zero attached hydrogens (tertiary/aromatic N) is 5. The Kier molecular flexibility index (Phi) is 8.58. The minimum absolute atomic E-state index is 0.326. The second-order valence-electron chi connectivity index (χ2n) is 15.1. The van der Waals surface area contributed by atoms with E-state index in [4.69, 9.17) is 0 Å². The van der Waals surface area contributed by atoms with Gasteiger partial charge in [-0.05, 0) is 125 Å². The number of aryl methyl sites for hydroxylation is 1. The van der Waals surface area contributed by atoms with Gasteiger partial charge in [-0.15, -0.1) is 0 Å². The molecule has 0 saturated heterocycles. The number of nitriles is 3. The van der Waals surface area contributed by atoms with Crippen molar-refractivity contribution in [1.29, 1.82) is 15.8 Å². The van der Waals surface area contributed by atoms with E-state index < -0.39 is 11.7 Å². The van der Waals surface area contributed by atoms with Crippen LogP contribution in [-0.4, -0.2) is 9.13 Å². The average molecular weight is 794 g/mol. The predicted molar refractivity (Wildman–Crippen MR) is 235 cm³/mol. The van der Waals surface area contributed by atoms with Gasteiger partial charge in [0, 0.05) is 27.1 Å². The summed E-state index contributed by atoms with van der Waals surface area (Å²) < 4.78 is 47.7. The van der Waals surface area contributed by atoms with Gasteiger partial charge in [0.2, 0.25) is 0 Å². The lowest BCUT2D eigenvalue weighted by Crippen LogP contribution is -2.07. The SMILES string of the molecule is Cc1cc(-c2cc(-n3c4ccccc4c4cc(-c5cccc(C#N)c5)ccc43)c(C#N)cc2-n2c3ccccc3c3cc(-c4cccc(C#N)c4)ccc32)cc(C(F)(F)F)c1. The number of hydrogen-bond acceptors (Lipinski definition) is 3. The molecule has 0 atom stereocenters. The number of halogens is 3. The van der Waals surface area contributed by atoms with Crippen LogP contribution in [0.3, 0.4) is 0 Å². The van der Waals surface area contributed by atoms with Crippen molar-refractivity contribution in [2.45, 2.75) is 13.1 Å². The van der Waals surface area contributed by atoms with Crippen LogP contribution in [-0.2, 0) is 6.18 Å². The molecule has 0 saturated carbocycles. The number of fused-ring (bicyclic) bond motifs is 6. The minimum atomic E-state index is -4.60. The van der Waals surface area contributed by atoms with Gasteiger partial charge in [0.05, 0.1) is 67.8 Å². The molecule has 0 amide bonds. The topological polar surface area (TPSA) is 81.2 Å². The summed E-state index contributed by atoms with van der Waals surface area (Å²) in [6, 6.07) is 57.2. The van der Waals surface area contributed by atoms with Crippen LogP contribution >= 0.6 is 0 Å². The molecule has 0 radical (unpaired) electrons. The fourth-order valence-electron chi connectivity index (χ4n) is 8.73. The Morgan fingerprint density at radius 1 is 0.426 bits per heavy atom. The molecule has 10 rings (SSSR count). The molecule has 288 valence electrons. The average Bonchev–Trinajstić information content (AvgIpc) is 3.80. The number of hydrogen-bond donors (Lipinski definition) is 0. The maximum absolute atomic E-state index is 14.6. The Bertz CT molecular complexity index is 3590. The van der Waals surface area contributed by atoms with Gasteiger partial charge in [-0.2, -0.15) is 29.0 Å². The number of rotatable bonds is 5. The van der Waals surface area contributed by atoms with Crippen LogP contribution in [0.25, 0.3) is 88.4 Å². The fourth-order valence-corrected chi connectivity index (χ4v) is 8.73. The van der Waals surface area contributed by atoms with E-state index in [0.29, 0.717) is 44.8 Å².